The molecule has 0 aromatic rings. The summed E-state index contributed by atoms with van der Waals surface area (Å²) in [6.07, 6.45) is 4.01. The van der Waals surface area contributed by atoms with Gasteiger partial charge in [-0.2, -0.15) is 0 Å². The van der Waals surface area contributed by atoms with Crippen LogP contribution in [0.5, 0.6) is 0 Å². The van der Waals surface area contributed by atoms with E-state index >= 15 is 0 Å². The molecule has 0 unspecified atom stereocenters. The van der Waals surface area contributed by atoms with E-state index < -0.39 is 5.60 Å². The smallest absolute Gasteiger partial charge is 0.410 e. The topological polar surface area (TPSA) is 80.0 Å². The van der Waals surface area contributed by atoms with Crippen LogP contribution in [0.4, 0.5) is 4.79 Å². The Morgan fingerprint density at radius 3 is 2.62 bits per heavy atom. The van der Waals surface area contributed by atoms with Gasteiger partial charge in [-0.3, -0.25) is 4.99 Å². The number of ether oxygens (including phenoxy) is 1. The number of rotatable bonds is 7. The van der Waals surface area contributed by atoms with Crippen molar-refractivity contribution in [2.45, 2.75) is 65.0 Å². The number of carbonyl (C=O) groups excluding carboxylic acids is 1. The zero-order chi connectivity index (χ0) is 15.9. The van der Waals surface area contributed by atoms with E-state index in [0.29, 0.717) is 25.1 Å². The molecule has 21 heavy (non-hydrogen) atoms. The van der Waals surface area contributed by atoms with Crippen molar-refractivity contribution in [1.82, 2.24) is 10.2 Å². The van der Waals surface area contributed by atoms with Crippen LogP contribution in [0.1, 0.15) is 53.4 Å². The fourth-order valence-electron chi connectivity index (χ4n) is 1.85. The molecule has 0 aromatic heterocycles. The molecule has 0 radical (unpaired) electrons. The van der Waals surface area contributed by atoms with Crippen molar-refractivity contribution >= 4 is 12.1 Å². The van der Waals surface area contributed by atoms with Crippen LogP contribution in [0.2, 0.25) is 0 Å². The average molecular weight is 298 g/mol. The second-order valence-corrected chi connectivity index (χ2v) is 6.45. The summed E-state index contributed by atoms with van der Waals surface area (Å²) in [6, 6.07) is 0.319. The number of nitrogens with one attached hydrogen (secondary N) is 1. The van der Waals surface area contributed by atoms with E-state index in [0.717, 1.165) is 32.2 Å². The lowest BCUT2D eigenvalue weighted by atomic mass is 10.2. The second kappa shape index (κ2) is 8.10. The lowest BCUT2D eigenvalue weighted by molar-refractivity contribution is 0.0238. The third-order valence-electron chi connectivity index (χ3n) is 3.07. The molecule has 0 aliphatic heterocycles. The van der Waals surface area contributed by atoms with Gasteiger partial charge in [0.05, 0.1) is 0 Å². The number of aliphatic imine (C=N–C) groups is 1. The Balaban J connectivity index is 2.35. The van der Waals surface area contributed by atoms with Gasteiger partial charge >= 0.3 is 6.09 Å². The normalized spacial score (nSPS) is 15.7. The molecule has 0 aromatic carbocycles. The zero-order valence-electron chi connectivity index (χ0n) is 13.8. The van der Waals surface area contributed by atoms with Crippen LogP contribution >= 0.6 is 0 Å². The molecule has 6 heteroatoms. The molecule has 6 nitrogen and oxygen atoms in total. The molecular formula is C15H30N4O2. The SMILES string of the molecule is CCCCN=C(N)NCCN(C(=O)OC(C)(C)C)C1CC1. The highest BCUT2D eigenvalue weighted by Crippen LogP contribution is 2.27. The Bertz CT molecular complexity index is 359. The quantitative estimate of drug-likeness (QED) is 0.428. The summed E-state index contributed by atoms with van der Waals surface area (Å²) in [7, 11) is 0. The lowest BCUT2D eigenvalue weighted by Crippen LogP contribution is -2.44. The van der Waals surface area contributed by atoms with E-state index in [1.165, 1.54) is 0 Å². The number of guanidine groups is 1. The molecule has 1 aliphatic rings. The van der Waals surface area contributed by atoms with Crippen molar-refractivity contribution in [3.8, 4) is 0 Å². The second-order valence-electron chi connectivity index (χ2n) is 6.45. The summed E-state index contributed by atoms with van der Waals surface area (Å²) in [5, 5.41) is 3.05. The maximum atomic E-state index is 12.1. The first kappa shape index (κ1) is 17.6. The Hall–Kier alpha value is -1.46. The summed E-state index contributed by atoms with van der Waals surface area (Å²) >= 11 is 0. The number of amides is 1. The molecule has 3 N–H and O–H groups in total. The molecule has 1 fully saturated rings. The number of nitrogens with two attached hydrogens (primary N) is 1. The van der Waals surface area contributed by atoms with E-state index in [2.05, 4.69) is 17.2 Å². The number of carbonyl (C=O) groups is 1. The third-order valence-corrected chi connectivity index (χ3v) is 3.07. The molecule has 0 bridgehead atoms. The van der Waals surface area contributed by atoms with Gasteiger partial charge < -0.3 is 20.7 Å². The van der Waals surface area contributed by atoms with Crippen molar-refractivity contribution < 1.29 is 9.53 Å². The monoisotopic (exact) mass is 298 g/mol. The summed E-state index contributed by atoms with van der Waals surface area (Å²) in [6.45, 7) is 9.69. The molecule has 0 spiro atoms. The summed E-state index contributed by atoms with van der Waals surface area (Å²) in [5.41, 5.74) is 5.31. The van der Waals surface area contributed by atoms with Crippen LogP contribution in [-0.4, -0.2) is 48.2 Å². The maximum absolute atomic E-state index is 12.1. The lowest BCUT2D eigenvalue weighted by Gasteiger charge is -2.27. The minimum Gasteiger partial charge on any atom is -0.444 e. The van der Waals surface area contributed by atoms with Crippen molar-refractivity contribution in [3.05, 3.63) is 0 Å². The Morgan fingerprint density at radius 1 is 1.43 bits per heavy atom. The van der Waals surface area contributed by atoms with Gasteiger partial charge in [-0.25, -0.2) is 4.79 Å². The maximum Gasteiger partial charge on any atom is 0.410 e. The summed E-state index contributed by atoms with van der Waals surface area (Å²) in [4.78, 5) is 18.2. The van der Waals surface area contributed by atoms with E-state index in [9.17, 15) is 4.79 Å². The molecule has 1 aliphatic carbocycles. The number of hydrogen-bond donors (Lipinski definition) is 2. The summed E-state index contributed by atoms with van der Waals surface area (Å²) < 4.78 is 5.44. The van der Waals surface area contributed by atoms with Crippen LogP contribution in [0, 0.1) is 0 Å². The Kier molecular flexibility index (Phi) is 6.78. The minimum atomic E-state index is -0.460. The van der Waals surface area contributed by atoms with E-state index in [4.69, 9.17) is 10.5 Å². The van der Waals surface area contributed by atoms with Gasteiger partial charge in [0.15, 0.2) is 5.96 Å². The highest BCUT2D eigenvalue weighted by Gasteiger charge is 2.34. The minimum absolute atomic E-state index is 0.242. The molecular weight excluding hydrogens is 268 g/mol. The predicted molar refractivity (Wildman–Crippen MR) is 85.4 cm³/mol. The highest BCUT2D eigenvalue weighted by molar-refractivity contribution is 5.77. The van der Waals surface area contributed by atoms with Gasteiger partial charge in [0.2, 0.25) is 0 Å². The molecule has 122 valence electrons. The van der Waals surface area contributed by atoms with Gasteiger partial charge in [-0.05, 0) is 40.0 Å². The van der Waals surface area contributed by atoms with Crippen molar-refractivity contribution in [2.24, 2.45) is 10.7 Å². The van der Waals surface area contributed by atoms with E-state index in [-0.39, 0.29) is 6.09 Å². The first-order chi connectivity index (χ1) is 9.83. The molecule has 1 rings (SSSR count). The van der Waals surface area contributed by atoms with Gasteiger partial charge in [0.25, 0.3) is 0 Å². The van der Waals surface area contributed by atoms with Gasteiger partial charge in [-0.15, -0.1) is 0 Å². The average Bonchev–Trinajstić information content (AvgIpc) is 3.17. The van der Waals surface area contributed by atoms with Gasteiger partial charge in [0, 0.05) is 25.7 Å². The molecule has 0 saturated heterocycles. The Morgan fingerprint density at radius 2 is 2.10 bits per heavy atom. The first-order valence-electron chi connectivity index (χ1n) is 7.87. The van der Waals surface area contributed by atoms with Crippen LogP contribution in [-0.2, 0) is 4.74 Å². The van der Waals surface area contributed by atoms with E-state index in [1.54, 1.807) is 4.90 Å². The first-order valence-corrected chi connectivity index (χ1v) is 7.87. The third kappa shape index (κ3) is 7.78. The fourth-order valence-corrected chi connectivity index (χ4v) is 1.85. The Labute approximate surface area is 128 Å². The fraction of sp³-hybridized carbons (Fsp3) is 0.867. The molecule has 0 atom stereocenters. The van der Waals surface area contributed by atoms with E-state index in [1.807, 2.05) is 20.8 Å². The van der Waals surface area contributed by atoms with Crippen LogP contribution in [0.3, 0.4) is 0 Å². The largest absolute Gasteiger partial charge is 0.444 e. The predicted octanol–water partition coefficient (Wildman–Crippen LogP) is 2.09. The van der Waals surface area contributed by atoms with Gasteiger partial charge in [0.1, 0.15) is 5.60 Å². The summed E-state index contributed by atoms with van der Waals surface area (Å²) in [5.74, 6) is 0.448. The molecule has 1 amide bonds. The zero-order valence-corrected chi connectivity index (χ0v) is 13.8. The molecule has 1 saturated carbocycles. The van der Waals surface area contributed by atoms with Crippen LogP contribution < -0.4 is 11.1 Å². The standard InChI is InChI=1S/C15H30N4O2/c1-5-6-9-17-13(16)18-10-11-19(12-7-8-12)14(20)21-15(2,3)4/h12H,5-11H2,1-4H3,(H3,16,17,18). The van der Waals surface area contributed by atoms with Crippen LogP contribution in [0.15, 0.2) is 4.99 Å². The van der Waals surface area contributed by atoms with Crippen LogP contribution in [0.25, 0.3) is 0 Å². The van der Waals surface area contributed by atoms with Crippen molar-refractivity contribution in [1.29, 1.82) is 0 Å². The van der Waals surface area contributed by atoms with Crippen molar-refractivity contribution in [2.75, 3.05) is 19.6 Å². The number of hydrogen-bond acceptors (Lipinski definition) is 3. The van der Waals surface area contributed by atoms with Crippen molar-refractivity contribution in [3.63, 3.8) is 0 Å². The van der Waals surface area contributed by atoms with Gasteiger partial charge in [-0.1, -0.05) is 13.3 Å². The molecule has 0 heterocycles. The number of unbranched alkanes of at least 4 members (excludes halogenated alkanes) is 1. The number of nitrogens with zero attached hydrogens (tertiary/aromatic N) is 2. The highest BCUT2D eigenvalue weighted by atomic mass is 16.6.